The molecule has 1 saturated heterocycles. The van der Waals surface area contributed by atoms with E-state index in [0.717, 1.165) is 17.7 Å². The minimum atomic E-state index is -3.88. The van der Waals surface area contributed by atoms with Crippen molar-refractivity contribution >= 4 is 39.5 Å². The SMILES string of the molecule is O=C(CCN1C(=O)NC2(CCCC2)C1=O)Nc1ccc(S(=O)(=O)Nc2ncccn2)cc1. The van der Waals surface area contributed by atoms with Crippen molar-refractivity contribution in [2.45, 2.75) is 42.5 Å². The number of sulfonamides is 1. The first-order valence-electron chi connectivity index (χ1n) is 10.1. The highest BCUT2D eigenvalue weighted by molar-refractivity contribution is 7.92. The Hall–Kier alpha value is -3.54. The lowest BCUT2D eigenvalue weighted by molar-refractivity contribution is -0.131. The van der Waals surface area contributed by atoms with Gasteiger partial charge in [-0.05, 0) is 43.2 Å². The number of hydrogen-bond donors (Lipinski definition) is 3. The molecule has 2 fully saturated rings. The highest BCUT2D eigenvalue weighted by Crippen LogP contribution is 2.35. The fourth-order valence-corrected chi connectivity index (χ4v) is 4.84. The molecule has 0 unspecified atom stereocenters. The van der Waals surface area contributed by atoms with Crippen molar-refractivity contribution in [1.29, 1.82) is 0 Å². The molecule has 1 aromatic carbocycles. The van der Waals surface area contributed by atoms with Gasteiger partial charge in [0.05, 0.1) is 4.90 Å². The topological polar surface area (TPSA) is 150 Å². The number of rotatable bonds is 7. The van der Waals surface area contributed by atoms with E-state index in [2.05, 4.69) is 25.3 Å². The molecule has 12 heteroatoms. The zero-order chi connectivity index (χ0) is 22.8. The van der Waals surface area contributed by atoms with E-state index in [0.29, 0.717) is 18.5 Å². The summed E-state index contributed by atoms with van der Waals surface area (Å²) in [7, 11) is -3.88. The molecule has 0 radical (unpaired) electrons. The third-order valence-electron chi connectivity index (χ3n) is 5.51. The van der Waals surface area contributed by atoms with Gasteiger partial charge in [-0.25, -0.2) is 27.9 Å². The third kappa shape index (κ3) is 4.40. The van der Waals surface area contributed by atoms with Gasteiger partial charge >= 0.3 is 6.03 Å². The van der Waals surface area contributed by atoms with Crippen LogP contribution in [0, 0.1) is 0 Å². The van der Waals surface area contributed by atoms with Crippen LogP contribution in [0.2, 0.25) is 0 Å². The fourth-order valence-electron chi connectivity index (χ4n) is 3.88. The minimum absolute atomic E-state index is 0.0221. The molecule has 1 saturated carbocycles. The first kappa shape index (κ1) is 21.7. The van der Waals surface area contributed by atoms with E-state index in [-0.39, 0.29) is 29.7 Å². The molecule has 2 heterocycles. The van der Waals surface area contributed by atoms with Gasteiger partial charge in [-0.3, -0.25) is 14.5 Å². The van der Waals surface area contributed by atoms with Crippen LogP contribution < -0.4 is 15.4 Å². The van der Waals surface area contributed by atoms with Crippen LogP contribution in [0.3, 0.4) is 0 Å². The third-order valence-corrected chi connectivity index (χ3v) is 6.85. The number of aromatic nitrogens is 2. The summed E-state index contributed by atoms with van der Waals surface area (Å²) in [5, 5.41) is 5.41. The normalized spacial score (nSPS) is 17.4. The summed E-state index contributed by atoms with van der Waals surface area (Å²) in [4.78, 5) is 45.8. The highest BCUT2D eigenvalue weighted by atomic mass is 32.2. The monoisotopic (exact) mass is 458 g/mol. The molecule has 1 aromatic heterocycles. The molecule has 0 bridgehead atoms. The first-order chi connectivity index (χ1) is 15.3. The fraction of sp³-hybridized carbons (Fsp3) is 0.350. The standard InChI is InChI=1S/C20H22N6O5S/c27-16(8-13-26-17(28)20(24-19(26)29)9-1-2-10-20)23-14-4-6-15(7-5-14)32(30,31)25-18-21-11-3-12-22-18/h3-7,11-12H,1-2,8-10,13H2,(H,23,27)(H,24,29)(H,21,22,25). The van der Waals surface area contributed by atoms with Gasteiger partial charge < -0.3 is 10.6 Å². The van der Waals surface area contributed by atoms with Crippen LogP contribution in [0.1, 0.15) is 32.1 Å². The Morgan fingerprint density at radius 3 is 2.41 bits per heavy atom. The van der Waals surface area contributed by atoms with Crippen molar-refractivity contribution in [3.05, 3.63) is 42.7 Å². The van der Waals surface area contributed by atoms with Gasteiger partial charge in [0.2, 0.25) is 11.9 Å². The van der Waals surface area contributed by atoms with Gasteiger partial charge in [-0.2, -0.15) is 0 Å². The zero-order valence-electron chi connectivity index (χ0n) is 17.1. The van der Waals surface area contributed by atoms with Crippen LogP contribution in [-0.4, -0.2) is 53.2 Å². The lowest BCUT2D eigenvalue weighted by Gasteiger charge is -2.19. The predicted octanol–water partition coefficient (Wildman–Crippen LogP) is 1.47. The minimum Gasteiger partial charge on any atom is -0.326 e. The lowest BCUT2D eigenvalue weighted by atomic mass is 9.98. The molecule has 4 amide bonds. The summed E-state index contributed by atoms with van der Waals surface area (Å²) in [6.07, 6.45) is 5.79. The number of benzene rings is 1. The van der Waals surface area contributed by atoms with Crippen molar-refractivity contribution in [3.8, 4) is 0 Å². The Bertz CT molecular complexity index is 1130. The summed E-state index contributed by atoms with van der Waals surface area (Å²) in [6, 6.07) is 6.66. The van der Waals surface area contributed by atoms with E-state index >= 15 is 0 Å². The number of amides is 4. The van der Waals surface area contributed by atoms with Gasteiger partial charge in [0.1, 0.15) is 5.54 Å². The van der Waals surface area contributed by atoms with E-state index in [1.165, 1.54) is 36.7 Å². The molecule has 168 valence electrons. The highest BCUT2D eigenvalue weighted by Gasteiger charge is 2.52. The van der Waals surface area contributed by atoms with Gasteiger partial charge in [0.25, 0.3) is 15.9 Å². The second-order valence-corrected chi connectivity index (χ2v) is 9.36. The number of urea groups is 1. The van der Waals surface area contributed by atoms with Crippen molar-refractivity contribution in [1.82, 2.24) is 20.2 Å². The molecule has 3 N–H and O–H groups in total. The molecule has 11 nitrogen and oxygen atoms in total. The number of nitrogens with zero attached hydrogens (tertiary/aromatic N) is 3. The number of imide groups is 1. The molecule has 2 aromatic rings. The van der Waals surface area contributed by atoms with Gasteiger partial charge in [0, 0.05) is 31.0 Å². The molecular weight excluding hydrogens is 436 g/mol. The summed E-state index contributed by atoms with van der Waals surface area (Å²) in [6.45, 7) is -0.0221. The quantitative estimate of drug-likeness (QED) is 0.532. The van der Waals surface area contributed by atoms with Crippen LogP contribution in [0.5, 0.6) is 0 Å². The number of anilines is 2. The molecule has 2 aliphatic rings. The van der Waals surface area contributed by atoms with Gasteiger partial charge in [0.15, 0.2) is 0 Å². The van der Waals surface area contributed by atoms with Crippen LogP contribution in [0.15, 0.2) is 47.6 Å². The molecule has 1 spiro atoms. The number of nitrogens with one attached hydrogen (secondary N) is 3. The van der Waals surface area contributed by atoms with E-state index in [1.54, 1.807) is 6.07 Å². The smallest absolute Gasteiger partial charge is 0.325 e. The van der Waals surface area contributed by atoms with Crippen molar-refractivity contribution in [2.75, 3.05) is 16.6 Å². The van der Waals surface area contributed by atoms with Gasteiger partial charge in [-0.15, -0.1) is 0 Å². The predicted molar refractivity (Wildman–Crippen MR) is 114 cm³/mol. The van der Waals surface area contributed by atoms with Crippen molar-refractivity contribution < 1.29 is 22.8 Å². The Kier molecular flexibility index (Phi) is 5.78. The molecule has 4 rings (SSSR count). The average molecular weight is 459 g/mol. The second-order valence-electron chi connectivity index (χ2n) is 7.68. The summed E-state index contributed by atoms with van der Waals surface area (Å²) >= 11 is 0. The second kappa shape index (κ2) is 8.54. The van der Waals surface area contributed by atoms with Crippen LogP contribution in [-0.2, 0) is 19.6 Å². The number of carbonyl (C=O) groups is 3. The van der Waals surface area contributed by atoms with Crippen LogP contribution in [0.25, 0.3) is 0 Å². The zero-order valence-corrected chi connectivity index (χ0v) is 17.9. The van der Waals surface area contributed by atoms with E-state index in [4.69, 9.17) is 0 Å². The van der Waals surface area contributed by atoms with E-state index in [1.807, 2.05) is 0 Å². The molecule has 0 atom stereocenters. The molecule has 32 heavy (non-hydrogen) atoms. The maximum absolute atomic E-state index is 12.6. The molecular formula is C20H22N6O5S. The Balaban J connectivity index is 1.32. The van der Waals surface area contributed by atoms with E-state index in [9.17, 15) is 22.8 Å². The van der Waals surface area contributed by atoms with E-state index < -0.39 is 27.5 Å². The number of carbonyl (C=O) groups excluding carboxylic acids is 3. The summed E-state index contributed by atoms with van der Waals surface area (Å²) in [5.74, 6) is -0.716. The molecule has 1 aliphatic carbocycles. The van der Waals surface area contributed by atoms with Gasteiger partial charge in [-0.1, -0.05) is 12.8 Å². The largest absolute Gasteiger partial charge is 0.326 e. The summed E-state index contributed by atoms with van der Waals surface area (Å²) < 4.78 is 27.1. The summed E-state index contributed by atoms with van der Waals surface area (Å²) in [5.41, 5.74) is -0.414. The molecule has 1 aliphatic heterocycles. The van der Waals surface area contributed by atoms with Crippen molar-refractivity contribution in [3.63, 3.8) is 0 Å². The Morgan fingerprint density at radius 2 is 1.75 bits per heavy atom. The Morgan fingerprint density at radius 1 is 1.09 bits per heavy atom. The number of hydrogen-bond acceptors (Lipinski definition) is 7. The average Bonchev–Trinajstić information content (AvgIpc) is 3.32. The Labute approximate surface area is 184 Å². The van der Waals surface area contributed by atoms with Crippen LogP contribution in [0.4, 0.5) is 16.4 Å². The lowest BCUT2D eigenvalue weighted by Crippen LogP contribution is -2.44. The first-order valence-corrected chi connectivity index (χ1v) is 11.6. The van der Waals surface area contributed by atoms with Crippen molar-refractivity contribution in [2.24, 2.45) is 0 Å². The maximum Gasteiger partial charge on any atom is 0.325 e. The maximum atomic E-state index is 12.6. The van der Waals surface area contributed by atoms with Crippen LogP contribution >= 0.6 is 0 Å².